The van der Waals surface area contributed by atoms with Crippen molar-refractivity contribution in [3.63, 3.8) is 0 Å². The van der Waals surface area contributed by atoms with E-state index in [0.29, 0.717) is 13.0 Å². The van der Waals surface area contributed by atoms with Crippen LogP contribution in [0.25, 0.3) is 0 Å². The summed E-state index contributed by atoms with van der Waals surface area (Å²) >= 11 is 0. The molecule has 0 aromatic heterocycles. The standard InChI is InChI=1S/C10H14O4/c1-10(2)13-6-9(14-10)8-5-7(11)3-4-12-8/h3-4,8-9H,5-6H2,1-2H3/t8?,9-/m1/s1. The van der Waals surface area contributed by atoms with E-state index in [1.165, 1.54) is 12.3 Å². The van der Waals surface area contributed by atoms with E-state index in [-0.39, 0.29) is 18.0 Å². The predicted molar refractivity (Wildman–Crippen MR) is 48.5 cm³/mol. The van der Waals surface area contributed by atoms with Gasteiger partial charge in [-0.1, -0.05) is 0 Å². The highest BCUT2D eigenvalue weighted by molar-refractivity contribution is 5.90. The lowest BCUT2D eigenvalue weighted by atomic mass is 10.1. The lowest BCUT2D eigenvalue weighted by molar-refractivity contribution is -0.154. The molecule has 0 aliphatic carbocycles. The molecule has 1 saturated heterocycles. The molecule has 2 heterocycles. The van der Waals surface area contributed by atoms with Gasteiger partial charge >= 0.3 is 0 Å². The zero-order chi connectivity index (χ0) is 10.2. The first kappa shape index (κ1) is 9.68. The van der Waals surface area contributed by atoms with Crippen molar-refractivity contribution in [1.82, 2.24) is 0 Å². The van der Waals surface area contributed by atoms with Gasteiger partial charge in [0.25, 0.3) is 0 Å². The second kappa shape index (κ2) is 3.37. The predicted octanol–water partition coefficient (Wildman–Crippen LogP) is 1.01. The van der Waals surface area contributed by atoms with Crippen molar-refractivity contribution >= 4 is 5.78 Å². The first-order valence-corrected chi connectivity index (χ1v) is 4.73. The number of allylic oxidation sites excluding steroid dienone is 1. The van der Waals surface area contributed by atoms with Crippen LogP contribution in [0, 0.1) is 0 Å². The maximum Gasteiger partial charge on any atom is 0.163 e. The van der Waals surface area contributed by atoms with Crippen LogP contribution in [-0.4, -0.2) is 30.4 Å². The molecule has 0 bridgehead atoms. The van der Waals surface area contributed by atoms with Gasteiger partial charge in [0.15, 0.2) is 11.6 Å². The molecular weight excluding hydrogens is 184 g/mol. The van der Waals surface area contributed by atoms with Gasteiger partial charge in [-0.15, -0.1) is 0 Å². The third-order valence-corrected chi connectivity index (χ3v) is 2.35. The normalized spacial score (nSPS) is 35.7. The van der Waals surface area contributed by atoms with Crippen molar-refractivity contribution in [1.29, 1.82) is 0 Å². The molecule has 0 radical (unpaired) electrons. The highest BCUT2D eigenvalue weighted by atomic mass is 16.7. The van der Waals surface area contributed by atoms with Gasteiger partial charge in [-0.3, -0.25) is 4.79 Å². The fourth-order valence-electron chi connectivity index (χ4n) is 1.65. The van der Waals surface area contributed by atoms with Gasteiger partial charge in [-0.05, 0) is 13.8 Å². The quantitative estimate of drug-likeness (QED) is 0.630. The lowest BCUT2D eigenvalue weighted by Gasteiger charge is -2.24. The van der Waals surface area contributed by atoms with E-state index in [9.17, 15) is 4.79 Å². The number of hydrogen-bond donors (Lipinski definition) is 0. The van der Waals surface area contributed by atoms with E-state index in [1.54, 1.807) is 0 Å². The number of rotatable bonds is 1. The van der Waals surface area contributed by atoms with E-state index in [0.717, 1.165) is 0 Å². The molecule has 0 amide bonds. The molecule has 14 heavy (non-hydrogen) atoms. The Hall–Kier alpha value is -0.870. The summed E-state index contributed by atoms with van der Waals surface area (Å²) in [6.07, 6.45) is 2.91. The largest absolute Gasteiger partial charge is 0.495 e. The number of ketones is 1. The summed E-state index contributed by atoms with van der Waals surface area (Å²) in [6.45, 7) is 4.19. The lowest BCUT2D eigenvalue weighted by Crippen LogP contribution is -2.35. The van der Waals surface area contributed by atoms with Crippen LogP contribution in [-0.2, 0) is 19.0 Å². The maximum absolute atomic E-state index is 11.1. The minimum atomic E-state index is -0.557. The second-order valence-electron chi connectivity index (χ2n) is 4.01. The average molecular weight is 198 g/mol. The van der Waals surface area contributed by atoms with E-state index in [1.807, 2.05) is 13.8 Å². The number of hydrogen-bond acceptors (Lipinski definition) is 4. The smallest absolute Gasteiger partial charge is 0.163 e. The summed E-state index contributed by atoms with van der Waals surface area (Å²) in [5, 5.41) is 0. The first-order valence-electron chi connectivity index (χ1n) is 4.73. The van der Waals surface area contributed by atoms with Crippen LogP contribution in [0.3, 0.4) is 0 Å². The first-order chi connectivity index (χ1) is 6.57. The molecule has 0 aromatic rings. The molecule has 2 atom stereocenters. The summed E-state index contributed by atoms with van der Waals surface area (Å²) in [5.74, 6) is -0.479. The average Bonchev–Trinajstić information content (AvgIpc) is 2.46. The summed E-state index contributed by atoms with van der Waals surface area (Å²) < 4.78 is 16.3. The van der Waals surface area contributed by atoms with Gasteiger partial charge in [-0.25, -0.2) is 0 Å². The molecule has 1 unspecified atom stereocenters. The number of ether oxygens (including phenoxy) is 3. The molecule has 0 N–H and O–H groups in total. The van der Waals surface area contributed by atoms with Crippen LogP contribution >= 0.6 is 0 Å². The van der Waals surface area contributed by atoms with E-state index < -0.39 is 5.79 Å². The summed E-state index contributed by atoms with van der Waals surface area (Å²) in [6, 6.07) is 0. The maximum atomic E-state index is 11.1. The van der Waals surface area contributed by atoms with Gasteiger partial charge in [0, 0.05) is 6.08 Å². The van der Waals surface area contributed by atoms with Crippen LogP contribution in [0.5, 0.6) is 0 Å². The molecule has 2 aliphatic heterocycles. The van der Waals surface area contributed by atoms with Crippen molar-refractivity contribution in [3.8, 4) is 0 Å². The van der Waals surface area contributed by atoms with Gasteiger partial charge in [-0.2, -0.15) is 0 Å². The van der Waals surface area contributed by atoms with Crippen molar-refractivity contribution in [2.24, 2.45) is 0 Å². The van der Waals surface area contributed by atoms with Gasteiger partial charge in [0.1, 0.15) is 12.2 Å². The molecule has 4 nitrogen and oxygen atoms in total. The Kier molecular flexibility index (Phi) is 2.33. The molecule has 78 valence electrons. The SMILES string of the molecule is CC1(C)OC[C@H](C2CC(=O)C=CO2)O1. The van der Waals surface area contributed by atoms with Crippen LogP contribution in [0.2, 0.25) is 0 Å². The fourth-order valence-corrected chi connectivity index (χ4v) is 1.65. The van der Waals surface area contributed by atoms with Gasteiger partial charge < -0.3 is 14.2 Å². The molecule has 1 fully saturated rings. The summed E-state index contributed by atoms with van der Waals surface area (Å²) in [7, 11) is 0. The molecular formula is C10H14O4. The minimum Gasteiger partial charge on any atom is -0.495 e. The van der Waals surface area contributed by atoms with Crippen molar-refractivity contribution in [2.75, 3.05) is 6.61 Å². The monoisotopic (exact) mass is 198 g/mol. The van der Waals surface area contributed by atoms with Crippen LogP contribution < -0.4 is 0 Å². The highest BCUT2D eigenvalue weighted by Crippen LogP contribution is 2.27. The Morgan fingerprint density at radius 1 is 1.43 bits per heavy atom. The Morgan fingerprint density at radius 3 is 2.79 bits per heavy atom. The van der Waals surface area contributed by atoms with Gasteiger partial charge in [0.05, 0.1) is 19.3 Å². The van der Waals surface area contributed by atoms with Crippen molar-refractivity contribution in [2.45, 2.75) is 38.3 Å². The Labute approximate surface area is 82.8 Å². The van der Waals surface area contributed by atoms with E-state index in [2.05, 4.69) is 0 Å². The third-order valence-electron chi connectivity index (χ3n) is 2.35. The van der Waals surface area contributed by atoms with Crippen molar-refractivity contribution in [3.05, 3.63) is 12.3 Å². The van der Waals surface area contributed by atoms with E-state index >= 15 is 0 Å². The number of carbonyl (C=O) groups excluding carboxylic acids is 1. The molecule has 0 aromatic carbocycles. The Balaban J connectivity index is 1.97. The molecule has 0 spiro atoms. The molecule has 2 rings (SSSR count). The van der Waals surface area contributed by atoms with E-state index in [4.69, 9.17) is 14.2 Å². The van der Waals surface area contributed by atoms with Crippen LogP contribution in [0.1, 0.15) is 20.3 Å². The zero-order valence-corrected chi connectivity index (χ0v) is 8.36. The van der Waals surface area contributed by atoms with Crippen LogP contribution in [0.15, 0.2) is 12.3 Å². The Morgan fingerprint density at radius 2 is 2.21 bits per heavy atom. The topological polar surface area (TPSA) is 44.8 Å². The van der Waals surface area contributed by atoms with Crippen LogP contribution in [0.4, 0.5) is 0 Å². The third kappa shape index (κ3) is 1.96. The number of carbonyl (C=O) groups is 1. The molecule has 4 heteroatoms. The van der Waals surface area contributed by atoms with Gasteiger partial charge in [0.2, 0.25) is 0 Å². The zero-order valence-electron chi connectivity index (χ0n) is 8.36. The Bertz CT molecular complexity index is 269. The molecule has 0 saturated carbocycles. The summed E-state index contributed by atoms with van der Waals surface area (Å²) in [5.41, 5.74) is 0. The highest BCUT2D eigenvalue weighted by Gasteiger charge is 2.39. The fraction of sp³-hybridized carbons (Fsp3) is 0.700. The summed E-state index contributed by atoms with van der Waals surface area (Å²) in [4.78, 5) is 11.1. The molecule has 2 aliphatic rings. The second-order valence-corrected chi connectivity index (χ2v) is 4.01. The van der Waals surface area contributed by atoms with Crippen molar-refractivity contribution < 1.29 is 19.0 Å². The minimum absolute atomic E-state index is 0.0783.